The molecule has 0 aliphatic carbocycles. The van der Waals surface area contributed by atoms with E-state index in [2.05, 4.69) is 92.1 Å². The summed E-state index contributed by atoms with van der Waals surface area (Å²) in [5.74, 6) is -1.36. The zero-order valence-corrected chi connectivity index (χ0v) is 31.7. The molecule has 0 aliphatic rings. The van der Waals surface area contributed by atoms with Crippen molar-refractivity contribution in [1.82, 2.24) is 5.32 Å². The van der Waals surface area contributed by atoms with Crippen LogP contribution < -0.4 is 11.1 Å². The van der Waals surface area contributed by atoms with E-state index in [9.17, 15) is 19.5 Å². The first-order chi connectivity index (χ1) is 24.4. The summed E-state index contributed by atoms with van der Waals surface area (Å²) in [6, 6.07) is -0.868. The number of carboxylic acid groups (broad SMARTS) is 1. The normalized spacial score (nSPS) is 13.5. The molecule has 2 unspecified atom stereocenters. The highest BCUT2D eigenvalue weighted by Crippen LogP contribution is 2.17. The molecular weight excluding hydrogens is 624 g/mol. The second-order valence-electron chi connectivity index (χ2n) is 13.0. The lowest BCUT2D eigenvalue weighted by atomic mass is 10.0. The smallest absolute Gasteiger partial charge is 0.326 e. The summed E-state index contributed by atoms with van der Waals surface area (Å²) in [5, 5.41) is 11.9. The van der Waals surface area contributed by atoms with E-state index in [0.29, 0.717) is 38.6 Å². The van der Waals surface area contributed by atoms with Crippen LogP contribution in [0.1, 0.15) is 162 Å². The van der Waals surface area contributed by atoms with Crippen LogP contribution in [0.4, 0.5) is 0 Å². The van der Waals surface area contributed by atoms with Crippen LogP contribution in [0.25, 0.3) is 0 Å². The number of amides is 1. The van der Waals surface area contributed by atoms with Crippen molar-refractivity contribution < 1.29 is 24.2 Å². The topological polar surface area (TPSA) is 119 Å². The predicted molar refractivity (Wildman–Crippen MR) is 211 cm³/mol. The highest BCUT2D eigenvalue weighted by molar-refractivity contribution is 5.83. The predicted octanol–water partition coefficient (Wildman–Crippen LogP) is 10.8. The zero-order chi connectivity index (χ0) is 36.8. The van der Waals surface area contributed by atoms with E-state index in [1.807, 2.05) is 0 Å². The molecule has 2 atom stereocenters. The second-order valence-corrected chi connectivity index (χ2v) is 13.0. The molecule has 50 heavy (non-hydrogen) atoms. The van der Waals surface area contributed by atoms with Gasteiger partial charge in [0.1, 0.15) is 12.1 Å². The third-order valence-electron chi connectivity index (χ3n) is 8.27. The largest absolute Gasteiger partial charge is 0.480 e. The number of esters is 1. The van der Waals surface area contributed by atoms with Gasteiger partial charge in [-0.1, -0.05) is 119 Å². The average molecular weight is 697 g/mol. The van der Waals surface area contributed by atoms with Gasteiger partial charge < -0.3 is 20.9 Å². The molecule has 0 aliphatic heterocycles. The minimum absolute atomic E-state index is 0.0703. The van der Waals surface area contributed by atoms with E-state index in [4.69, 9.17) is 10.5 Å². The minimum Gasteiger partial charge on any atom is -0.480 e. The Morgan fingerprint density at radius 1 is 0.600 bits per heavy atom. The summed E-state index contributed by atoms with van der Waals surface area (Å²) in [6.07, 6.45) is 46.6. The quantitative estimate of drug-likeness (QED) is 0.0350. The molecule has 0 heterocycles. The van der Waals surface area contributed by atoms with Crippen LogP contribution in [0.3, 0.4) is 0 Å². The number of unbranched alkanes of at least 4 members (excludes halogenated alkanes) is 8. The number of aliphatic carboxylic acids is 1. The molecule has 0 spiro atoms. The van der Waals surface area contributed by atoms with Crippen LogP contribution in [-0.2, 0) is 19.1 Å². The number of carbonyl (C=O) groups is 3. The van der Waals surface area contributed by atoms with Crippen LogP contribution in [0.5, 0.6) is 0 Å². The summed E-state index contributed by atoms with van der Waals surface area (Å²) in [5.41, 5.74) is 5.47. The Balaban J connectivity index is 4.53. The van der Waals surface area contributed by atoms with Crippen molar-refractivity contribution in [3.63, 3.8) is 0 Å². The Labute approximate surface area is 305 Å². The van der Waals surface area contributed by atoms with Gasteiger partial charge in [-0.15, -0.1) is 0 Å². The van der Waals surface area contributed by atoms with Crippen LogP contribution in [0.2, 0.25) is 0 Å². The number of nitrogens with one attached hydrogen (secondary N) is 1. The highest BCUT2D eigenvalue weighted by Gasteiger charge is 2.19. The van der Waals surface area contributed by atoms with Crippen LogP contribution in [0.15, 0.2) is 72.9 Å². The van der Waals surface area contributed by atoms with E-state index in [0.717, 1.165) is 96.3 Å². The SMILES string of the molecule is CC/C=C\C/C=C\C/C=C\C/C=C\CCC(=O)OC(CCC/C=C\C/C=C\CCCCC)CCCCCCCC(=O)NC(CCCN)C(=O)O. The molecular formula is C43H72N2O5. The lowest BCUT2D eigenvalue weighted by molar-refractivity contribution is -0.149. The molecule has 7 heteroatoms. The van der Waals surface area contributed by atoms with Crippen LogP contribution in [-0.4, -0.2) is 41.6 Å². The third kappa shape index (κ3) is 33.3. The molecule has 1 amide bonds. The van der Waals surface area contributed by atoms with Crippen molar-refractivity contribution >= 4 is 17.8 Å². The number of rotatable bonds is 34. The second kappa shape index (κ2) is 37.1. The molecule has 0 radical (unpaired) electrons. The van der Waals surface area contributed by atoms with Gasteiger partial charge in [-0.2, -0.15) is 0 Å². The van der Waals surface area contributed by atoms with Gasteiger partial charge in [0, 0.05) is 12.8 Å². The average Bonchev–Trinajstić information content (AvgIpc) is 3.10. The summed E-state index contributed by atoms with van der Waals surface area (Å²) < 4.78 is 5.95. The lowest BCUT2D eigenvalue weighted by Gasteiger charge is -2.18. The molecule has 0 rings (SSSR count). The fourth-order valence-electron chi connectivity index (χ4n) is 5.32. The fourth-order valence-corrected chi connectivity index (χ4v) is 5.32. The Morgan fingerprint density at radius 2 is 1.14 bits per heavy atom. The molecule has 0 bridgehead atoms. The highest BCUT2D eigenvalue weighted by atomic mass is 16.5. The zero-order valence-electron chi connectivity index (χ0n) is 31.7. The molecule has 0 saturated heterocycles. The molecule has 0 aromatic heterocycles. The van der Waals surface area contributed by atoms with Crippen molar-refractivity contribution in [2.24, 2.45) is 5.73 Å². The molecule has 7 nitrogen and oxygen atoms in total. The van der Waals surface area contributed by atoms with Crippen molar-refractivity contribution in [1.29, 1.82) is 0 Å². The summed E-state index contributed by atoms with van der Waals surface area (Å²) >= 11 is 0. The summed E-state index contributed by atoms with van der Waals surface area (Å²) in [4.78, 5) is 36.2. The van der Waals surface area contributed by atoms with E-state index in [1.54, 1.807) is 0 Å². The summed E-state index contributed by atoms with van der Waals surface area (Å²) in [6.45, 7) is 4.77. The molecule has 0 aromatic carbocycles. The van der Waals surface area contributed by atoms with E-state index >= 15 is 0 Å². The number of nitrogens with two attached hydrogens (primary N) is 1. The molecule has 4 N–H and O–H groups in total. The Morgan fingerprint density at radius 3 is 1.74 bits per heavy atom. The van der Waals surface area contributed by atoms with Gasteiger partial charge in [0.15, 0.2) is 0 Å². The van der Waals surface area contributed by atoms with E-state index < -0.39 is 12.0 Å². The summed E-state index contributed by atoms with van der Waals surface area (Å²) in [7, 11) is 0. The van der Waals surface area contributed by atoms with Crippen molar-refractivity contribution in [3.8, 4) is 0 Å². The van der Waals surface area contributed by atoms with Crippen molar-refractivity contribution in [2.45, 2.75) is 174 Å². The first kappa shape index (κ1) is 46.8. The van der Waals surface area contributed by atoms with Crippen LogP contribution >= 0.6 is 0 Å². The number of hydrogen-bond acceptors (Lipinski definition) is 5. The maximum Gasteiger partial charge on any atom is 0.326 e. The van der Waals surface area contributed by atoms with Gasteiger partial charge in [-0.3, -0.25) is 9.59 Å². The van der Waals surface area contributed by atoms with Crippen molar-refractivity contribution in [2.75, 3.05) is 6.54 Å². The number of carbonyl (C=O) groups excluding carboxylic acids is 2. The van der Waals surface area contributed by atoms with Gasteiger partial charge in [0.2, 0.25) is 5.91 Å². The van der Waals surface area contributed by atoms with Gasteiger partial charge in [0.05, 0.1) is 0 Å². The molecule has 0 aromatic rings. The number of ether oxygens (including phenoxy) is 1. The third-order valence-corrected chi connectivity index (χ3v) is 8.27. The Hall–Kier alpha value is -3.19. The Bertz CT molecular complexity index is 1010. The Kier molecular flexibility index (Phi) is 34.7. The maximum absolute atomic E-state index is 12.7. The first-order valence-corrected chi connectivity index (χ1v) is 19.8. The number of hydrogen-bond donors (Lipinski definition) is 3. The molecule has 0 saturated carbocycles. The molecule has 0 fully saturated rings. The number of allylic oxidation sites excluding steroid dienone is 12. The van der Waals surface area contributed by atoms with Gasteiger partial charge in [-0.05, 0) is 109 Å². The standard InChI is InChI=1S/C43H72N2O5/c1-3-5-7-9-11-13-15-16-18-20-22-27-31-37-42(47)50-39(33-28-24-21-19-17-14-12-10-8-6-4-2)34-29-25-23-26-30-36-41(46)45-40(43(48)49)35-32-38-44/h5,7,11-14,16,18-19,21-22,27,39-40H,3-4,6,8-10,15,17,20,23-26,28-38,44H2,1-2H3,(H,45,46)(H,48,49)/b7-5-,13-11-,14-12-,18-16-,21-19-,27-22-. The van der Waals surface area contributed by atoms with Gasteiger partial charge in [0.25, 0.3) is 0 Å². The lowest BCUT2D eigenvalue weighted by Crippen LogP contribution is -2.40. The fraction of sp³-hybridized carbons (Fsp3) is 0.651. The monoisotopic (exact) mass is 697 g/mol. The minimum atomic E-state index is -1.02. The van der Waals surface area contributed by atoms with Crippen LogP contribution in [0, 0.1) is 0 Å². The maximum atomic E-state index is 12.7. The van der Waals surface area contributed by atoms with Crippen molar-refractivity contribution in [3.05, 3.63) is 72.9 Å². The van der Waals surface area contributed by atoms with Gasteiger partial charge in [-0.25, -0.2) is 4.79 Å². The number of carboxylic acids is 1. The van der Waals surface area contributed by atoms with Gasteiger partial charge >= 0.3 is 11.9 Å². The molecule has 284 valence electrons. The first-order valence-electron chi connectivity index (χ1n) is 19.8. The van der Waals surface area contributed by atoms with E-state index in [1.165, 1.54) is 19.3 Å². The van der Waals surface area contributed by atoms with E-state index in [-0.39, 0.29) is 18.0 Å².